The van der Waals surface area contributed by atoms with Gasteiger partial charge in [0.1, 0.15) is 0 Å². The van der Waals surface area contributed by atoms with Crippen LogP contribution in [0.1, 0.15) is 48.0 Å². The third kappa shape index (κ3) is 134. The van der Waals surface area contributed by atoms with Crippen LogP contribution >= 0.6 is 0 Å². The Bertz CT molecular complexity index is 163. The van der Waals surface area contributed by atoms with Gasteiger partial charge in [-0.1, -0.05) is 33.9 Å². The van der Waals surface area contributed by atoms with Crippen LogP contribution in [-0.2, 0) is 21.7 Å². The van der Waals surface area contributed by atoms with Gasteiger partial charge in [0.2, 0.25) is 0 Å². The average molecular weight is 303 g/mol. The van der Waals surface area contributed by atoms with Crippen LogP contribution in [0.15, 0.2) is 18.2 Å². The quantitative estimate of drug-likeness (QED) is 0.456. The molecule has 0 spiro atoms. The minimum atomic E-state index is -0.250. The summed E-state index contributed by atoms with van der Waals surface area (Å²) in [7, 11) is 0.750. The van der Waals surface area contributed by atoms with E-state index in [2.05, 4.69) is 46.0 Å². The molecule has 18 heavy (non-hydrogen) atoms. The first-order valence-corrected chi connectivity index (χ1v) is 8.43. The Labute approximate surface area is 133 Å². The number of hydrogen-bond acceptors (Lipinski definition) is 0. The molecule has 0 aromatic heterocycles. The summed E-state index contributed by atoms with van der Waals surface area (Å²) in [6.45, 7) is 16.2. The fraction of sp³-hybridized carbons (Fsp3) is 0.667. The van der Waals surface area contributed by atoms with Crippen molar-refractivity contribution in [2.24, 2.45) is 0 Å². The molecule has 0 aliphatic heterocycles. The average Bonchev–Trinajstić information content (AvgIpc) is 2.54. The van der Waals surface area contributed by atoms with Gasteiger partial charge < -0.3 is 11.7 Å². The Hall–Kier alpha value is 0.371. The van der Waals surface area contributed by atoms with Crippen molar-refractivity contribution < 1.29 is 21.7 Å². The molecule has 0 heterocycles. The fourth-order valence-electron chi connectivity index (χ4n) is 0.340. The normalized spacial score (nSPS) is 11.2. The zero-order valence-corrected chi connectivity index (χ0v) is 17.1. The third-order valence-electron chi connectivity index (χ3n) is 0.586. The summed E-state index contributed by atoms with van der Waals surface area (Å²) < 4.78 is 0. The second-order valence-corrected chi connectivity index (χ2v) is 6.49. The van der Waals surface area contributed by atoms with Gasteiger partial charge >= 0.3 is 21.7 Å². The monoisotopic (exact) mass is 303 g/mol. The van der Waals surface area contributed by atoms with Gasteiger partial charge in [-0.2, -0.15) is 26.8 Å². The molecule has 0 aromatic rings. The van der Waals surface area contributed by atoms with Crippen molar-refractivity contribution in [3.8, 4) is 0 Å². The maximum atomic E-state index is 6.94. The number of nitrogens with one attached hydrogen (secondary N) is 1. The van der Waals surface area contributed by atoms with E-state index in [4.69, 9.17) is 5.73 Å². The van der Waals surface area contributed by atoms with E-state index in [0.717, 1.165) is 15.9 Å². The topological polar surface area (TPSA) is 23.8 Å². The van der Waals surface area contributed by atoms with E-state index in [-0.39, 0.29) is 27.3 Å². The summed E-state index contributed by atoms with van der Waals surface area (Å²) in [5, 5.41) is 0. The molecular weight excluding hydrogens is 270 g/mol. The molecule has 1 nitrogen and oxygen atoms in total. The van der Waals surface area contributed by atoms with E-state index in [9.17, 15) is 0 Å². The van der Waals surface area contributed by atoms with Gasteiger partial charge in [-0.15, -0.1) is 12.0 Å². The Kier molecular flexibility index (Phi) is 29.4. The zero-order valence-electron chi connectivity index (χ0n) is 13.7. The molecule has 1 rings (SSSR count). The molecule has 0 bridgehead atoms. The molecular formula is C15H33NSiTi-3. The molecule has 109 valence electrons. The molecule has 0 fully saturated rings. The Balaban J connectivity index is -0.0000000728. The van der Waals surface area contributed by atoms with Gasteiger partial charge in [0.05, 0.1) is 0 Å². The van der Waals surface area contributed by atoms with Gasteiger partial charge in [-0.25, -0.2) is 12.2 Å². The van der Waals surface area contributed by atoms with Crippen molar-refractivity contribution in [2.45, 2.75) is 66.6 Å². The maximum absolute atomic E-state index is 6.94. The number of rotatable bonds is 0. The van der Waals surface area contributed by atoms with Crippen molar-refractivity contribution in [3.05, 3.63) is 36.0 Å². The third-order valence-corrected chi connectivity index (χ3v) is 0.586. The molecule has 1 aliphatic rings. The standard InChI is InChI=1S/C5H5.C4H10N.C4H9.C2H7Si.Ti.2H/c1-2-4-5-3-1;1-4(2,3)5;1-4(2)3;1-3-2;;;/h1-3H,4H2;5H,1-3H3;1-3H3;3H,1-2H3;;;/q3*-1;;;;. The Morgan fingerprint density at radius 2 is 1.44 bits per heavy atom. The minimum absolute atomic E-state index is 0. The van der Waals surface area contributed by atoms with E-state index in [1.165, 1.54) is 5.92 Å². The summed E-state index contributed by atoms with van der Waals surface area (Å²) in [5.41, 5.74) is 6.69. The van der Waals surface area contributed by atoms with Crippen LogP contribution < -0.4 is 0 Å². The molecule has 0 saturated carbocycles. The van der Waals surface area contributed by atoms with Crippen molar-refractivity contribution in [2.75, 3.05) is 0 Å². The summed E-state index contributed by atoms with van der Waals surface area (Å²) in [5.74, 6) is 1.42. The first kappa shape index (κ1) is 26.8. The first-order chi connectivity index (χ1) is 7.65. The molecule has 3 heteroatoms. The van der Waals surface area contributed by atoms with Crippen molar-refractivity contribution >= 4 is 9.52 Å². The van der Waals surface area contributed by atoms with E-state index in [0.29, 0.717) is 0 Å². The van der Waals surface area contributed by atoms with Gasteiger partial charge in [0.15, 0.2) is 0 Å². The van der Waals surface area contributed by atoms with E-state index in [1.54, 1.807) is 0 Å². The molecule has 0 unspecified atom stereocenters. The van der Waals surface area contributed by atoms with E-state index in [1.807, 2.05) is 32.9 Å². The molecule has 1 aliphatic carbocycles. The van der Waals surface area contributed by atoms with Crippen LogP contribution in [0.2, 0.25) is 13.1 Å². The fourth-order valence-corrected chi connectivity index (χ4v) is 0.340. The van der Waals surface area contributed by atoms with Crippen molar-refractivity contribution in [1.82, 2.24) is 0 Å². The zero-order chi connectivity index (χ0) is 14.3. The molecule has 1 radical (unpaired) electrons. The summed E-state index contributed by atoms with van der Waals surface area (Å²) >= 11 is 0. The summed E-state index contributed by atoms with van der Waals surface area (Å²) in [6, 6.07) is 0. The second kappa shape index (κ2) is 19.7. The van der Waals surface area contributed by atoms with Crippen LogP contribution in [-0.4, -0.2) is 15.1 Å². The molecule has 0 saturated heterocycles. The van der Waals surface area contributed by atoms with Crippen LogP contribution in [0.25, 0.3) is 5.73 Å². The van der Waals surface area contributed by atoms with Crippen molar-refractivity contribution in [1.29, 1.82) is 0 Å². The van der Waals surface area contributed by atoms with Crippen molar-refractivity contribution in [3.63, 3.8) is 0 Å². The van der Waals surface area contributed by atoms with Gasteiger partial charge in [0, 0.05) is 9.52 Å². The number of allylic oxidation sites excluding steroid dienone is 4. The van der Waals surface area contributed by atoms with Gasteiger partial charge in [-0.05, 0) is 0 Å². The van der Waals surface area contributed by atoms with Gasteiger partial charge in [0.25, 0.3) is 0 Å². The van der Waals surface area contributed by atoms with Gasteiger partial charge in [-0.3, -0.25) is 6.08 Å². The first-order valence-electron chi connectivity index (χ1n) is 6.12. The molecule has 0 atom stereocenters. The Morgan fingerprint density at radius 3 is 1.50 bits per heavy atom. The predicted octanol–water partition coefficient (Wildman–Crippen LogP) is 4.74. The molecule has 1 N–H and O–H groups in total. The predicted molar refractivity (Wildman–Crippen MR) is 87.6 cm³/mol. The molecule has 0 aromatic carbocycles. The van der Waals surface area contributed by atoms with E-state index >= 15 is 0 Å². The SMILES string of the molecule is CC(C)(C)[NH-].C[C-](C)C.C[SiH]C.[C-]1=CC=CC1.[TiH2]. The number of hydrogen-bond donors (Lipinski definition) is 0. The molecule has 0 amide bonds. The second-order valence-electron chi connectivity index (χ2n) is 5.33. The van der Waals surface area contributed by atoms with Crippen LogP contribution in [0.4, 0.5) is 0 Å². The van der Waals surface area contributed by atoms with E-state index < -0.39 is 0 Å². The van der Waals surface area contributed by atoms with Crippen LogP contribution in [0.5, 0.6) is 0 Å². The Morgan fingerprint density at radius 1 is 1.17 bits per heavy atom. The summed E-state index contributed by atoms with van der Waals surface area (Å²) in [4.78, 5) is 0. The van der Waals surface area contributed by atoms with Crippen LogP contribution in [0.3, 0.4) is 0 Å². The summed E-state index contributed by atoms with van der Waals surface area (Å²) in [6.07, 6.45) is 10.0. The van der Waals surface area contributed by atoms with Crippen LogP contribution in [0, 0.1) is 12.0 Å².